The molecule has 0 saturated carbocycles. The molecule has 1 aromatic carbocycles. The maximum atomic E-state index is 11.6. The van der Waals surface area contributed by atoms with Gasteiger partial charge in [0.2, 0.25) is 0 Å². The van der Waals surface area contributed by atoms with Crippen molar-refractivity contribution in [1.29, 1.82) is 0 Å². The van der Waals surface area contributed by atoms with E-state index in [1.807, 2.05) is 19.1 Å². The standard InChI is InChI=1S/C12H15NO4/c1-8-2-4-9(5-3-8)11(15)13-7-6-10(14)12(16)17/h2-5,10,14H,6-7H2,1H3,(H,13,15)(H,16,17)/t10-/m0/s1. The summed E-state index contributed by atoms with van der Waals surface area (Å²) in [5.41, 5.74) is 1.57. The SMILES string of the molecule is Cc1ccc(C(=O)NCC[C@H](O)C(=O)O)cc1. The van der Waals surface area contributed by atoms with Crippen LogP contribution in [-0.2, 0) is 4.79 Å². The summed E-state index contributed by atoms with van der Waals surface area (Å²) in [6, 6.07) is 7.03. The summed E-state index contributed by atoms with van der Waals surface area (Å²) in [5, 5.41) is 20.0. The number of hydrogen-bond donors (Lipinski definition) is 3. The van der Waals surface area contributed by atoms with Crippen LogP contribution in [0.15, 0.2) is 24.3 Å². The number of aryl methyl sites for hydroxylation is 1. The van der Waals surface area contributed by atoms with Gasteiger partial charge < -0.3 is 15.5 Å². The van der Waals surface area contributed by atoms with E-state index in [-0.39, 0.29) is 18.9 Å². The fraction of sp³-hybridized carbons (Fsp3) is 0.333. The molecule has 0 fully saturated rings. The zero-order valence-electron chi connectivity index (χ0n) is 9.51. The predicted molar refractivity (Wildman–Crippen MR) is 61.8 cm³/mol. The summed E-state index contributed by atoms with van der Waals surface area (Å²) in [4.78, 5) is 21.9. The molecule has 0 bridgehead atoms. The first-order chi connectivity index (χ1) is 8.00. The molecule has 1 aromatic rings. The average Bonchev–Trinajstić information content (AvgIpc) is 2.29. The summed E-state index contributed by atoms with van der Waals surface area (Å²) >= 11 is 0. The number of carboxylic acids is 1. The van der Waals surface area contributed by atoms with Crippen LogP contribution in [0.3, 0.4) is 0 Å². The van der Waals surface area contributed by atoms with Crippen LogP contribution in [0.25, 0.3) is 0 Å². The van der Waals surface area contributed by atoms with Crippen molar-refractivity contribution < 1.29 is 19.8 Å². The second-order valence-electron chi connectivity index (χ2n) is 3.76. The van der Waals surface area contributed by atoms with Gasteiger partial charge >= 0.3 is 5.97 Å². The monoisotopic (exact) mass is 237 g/mol. The smallest absolute Gasteiger partial charge is 0.332 e. The number of aliphatic carboxylic acids is 1. The van der Waals surface area contributed by atoms with Gasteiger partial charge in [-0.1, -0.05) is 17.7 Å². The fourth-order valence-electron chi connectivity index (χ4n) is 1.25. The number of carbonyl (C=O) groups is 2. The Hall–Kier alpha value is -1.88. The van der Waals surface area contributed by atoms with Crippen LogP contribution in [0.2, 0.25) is 0 Å². The number of carboxylic acid groups (broad SMARTS) is 1. The quantitative estimate of drug-likeness (QED) is 0.698. The number of aliphatic hydroxyl groups is 1. The Bertz CT molecular complexity index is 399. The van der Waals surface area contributed by atoms with Crippen LogP contribution >= 0.6 is 0 Å². The molecule has 0 saturated heterocycles. The van der Waals surface area contributed by atoms with E-state index in [9.17, 15) is 9.59 Å². The van der Waals surface area contributed by atoms with E-state index in [0.29, 0.717) is 5.56 Å². The zero-order valence-corrected chi connectivity index (χ0v) is 9.51. The summed E-state index contributed by atoms with van der Waals surface area (Å²) in [6.45, 7) is 2.05. The fourth-order valence-corrected chi connectivity index (χ4v) is 1.25. The Morgan fingerprint density at radius 1 is 1.29 bits per heavy atom. The Morgan fingerprint density at radius 2 is 1.88 bits per heavy atom. The van der Waals surface area contributed by atoms with Gasteiger partial charge in [0.15, 0.2) is 6.10 Å². The highest BCUT2D eigenvalue weighted by Crippen LogP contribution is 2.02. The van der Waals surface area contributed by atoms with Gasteiger partial charge in [0.1, 0.15) is 0 Å². The second kappa shape index (κ2) is 6.00. The molecule has 0 aromatic heterocycles. The van der Waals surface area contributed by atoms with Crippen LogP contribution in [-0.4, -0.2) is 34.7 Å². The summed E-state index contributed by atoms with van der Waals surface area (Å²) in [7, 11) is 0. The highest BCUT2D eigenvalue weighted by atomic mass is 16.4. The number of benzene rings is 1. The molecule has 0 unspecified atom stereocenters. The molecule has 5 nitrogen and oxygen atoms in total. The Morgan fingerprint density at radius 3 is 2.41 bits per heavy atom. The number of hydrogen-bond acceptors (Lipinski definition) is 3. The molecule has 0 heterocycles. The van der Waals surface area contributed by atoms with Gasteiger partial charge in [-0.25, -0.2) is 4.79 Å². The Labute approximate surface area is 99.1 Å². The van der Waals surface area contributed by atoms with Crippen molar-refractivity contribution in [3.8, 4) is 0 Å². The molecule has 3 N–H and O–H groups in total. The van der Waals surface area contributed by atoms with Crippen molar-refractivity contribution >= 4 is 11.9 Å². The molecule has 0 radical (unpaired) electrons. The van der Waals surface area contributed by atoms with Gasteiger partial charge in [0.05, 0.1) is 0 Å². The molecule has 0 spiro atoms. The third-order valence-corrected chi connectivity index (χ3v) is 2.30. The van der Waals surface area contributed by atoms with Crippen LogP contribution in [0, 0.1) is 6.92 Å². The third-order valence-electron chi connectivity index (χ3n) is 2.30. The maximum absolute atomic E-state index is 11.6. The second-order valence-corrected chi connectivity index (χ2v) is 3.76. The molecule has 1 rings (SSSR count). The Kier molecular flexibility index (Phi) is 4.66. The lowest BCUT2D eigenvalue weighted by atomic mass is 10.1. The molecule has 0 aliphatic carbocycles. The van der Waals surface area contributed by atoms with E-state index in [0.717, 1.165) is 5.56 Å². The molecular weight excluding hydrogens is 222 g/mol. The van der Waals surface area contributed by atoms with E-state index in [1.54, 1.807) is 12.1 Å². The van der Waals surface area contributed by atoms with Gasteiger partial charge in [-0.15, -0.1) is 0 Å². The Balaban J connectivity index is 2.40. The number of aliphatic hydroxyl groups excluding tert-OH is 1. The summed E-state index contributed by atoms with van der Waals surface area (Å²) in [6.07, 6.45) is -1.44. The molecule has 0 aliphatic heterocycles. The molecule has 5 heteroatoms. The van der Waals surface area contributed by atoms with Crippen molar-refractivity contribution in [2.45, 2.75) is 19.4 Å². The third kappa shape index (κ3) is 4.24. The normalized spacial score (nSPS) is 11.9. The zero-order chi connectivity index (χ0) is 12.8. The van der Waals surface area contributed by atoms with Crippen LogP contribution < -0.4 is 5.32 Å². The number of amides is 1. The van der Waals surface area contributed by atoms with Crippen molar-refractivity contribution in [3.63, 3.8) is 0 Å². The lowest BCUT2D eigenvalue weighted by molar-refractivity contribution is -0.146. The first-order valence-electron chi connectivity index (χ1n) is 5.26. The van der Waals surface area contributed by atoms with Crippen LogP contribution in [0.4, 0.5) is 0 Å². The van der Waals surface area contributed by atoms with Crippen molar-refractivity contribution in [3.05, 3.63) is 35.4 Å². The summed E-state index contributed by atoms with van der Waals surface area (Å²) < 4.78 is 0. The first-order valence-corrected chi connectivity index (χ1v) is 5.26. The van der Waals surface area contributed by atoms with Crippen LogP contribution in [0.1, 0.15) is 22.3 Å². The molecular formula is C12H15NO4. The highest BCUT2D eigenvalue weighted by Gasteiger charge is 2.13. The van der Waals surface area contributed by atoms with Gasteiger partial charge in [-0.05, 0) is 19.1 Å². The minimum Gasteiger partial charge on any atom is -0.479 e. The first kappa shape index (κ1) is 13.2. The molecule has 0 aliphatic rings. The largest absolute Gasteiger partial charge is 0.479 e. The number of nitrogens with one attached hydrogen (secondary N) is 1. The van der Waals surface area contributed by atoms with Gasteiger partial charge in [-0.3, -0.25) is 4.79 Å². The minimum atomic E-state index is -1.44. The van der Waals surface area contributed by atoms with Crippen molar-refractivity contribution in [2.75, 3.05) is 6.54 Å². The molecule has 92 valence electrons. The number of carbonyl (C=O) groups excluding carboxylic acids is 1. The molecule has 1 atom stereocenters. The van der Waals surface area contributed by atoms with E-state index < -0.39 is 12.1 Å². The topological polar surface area (TPSA) is 86.6 Å². The van der Waals surface area contributed by atoms with Gasteiger partial charge in [0, 0.05) is 18.5 Å². The van der Waals surface area contributed by atoms with E-state index in [1.165, 1.54) is 0 Å². The lowest BCUT2D eigenvalue weighted by Gasteiger charge is -2.07. The minimum absolute atomic E-state index is 0.00701. The van der Waals surface area contributed by atoms with Crippen molar-refractivity contribution in [2.24, 2.45) is 0 Å². The van der Waals surface area contributed by atoms with Crippen LogP contribution in [0.5, 0.6) is 0 Å². The van der Waals surface area contributed by atoms with Gasteiger partial charge in [0.25, 0.3) is 5.91 Å². The van der Waals surface area contributed by atoms with E-state index in [2.05, 4.69) is 5.32 Å². The maximum Gasteiger partial charge on any atom is 0.332 e. The number of rotatable bonds is 5. The van der Waals surface area contributed by atoms with E-state index in [4.69, 9.17) is 10.2 Å². The molecule has 1 amide bonds. The highest BCUT2D eigenvalue weighted by molar-refractivity contribution is 5.94. The van der Waals surface area contributed by atoms with E-state index >= 15 is 0 Å². The molecule has 17 heavy (non-hydrogen) atoms. The lowest BCUT2D eigenvalue weighted by Crippen LogP contribution is -2.30. The van der Waals surface area contributed by atoms with Gasteiger partial charge in [-0.2, -0.15) is 0 Å². The summed E-state index contributed by atoms with van der Waals surface area (Å²) in [5.74, 6) is -1.56. The average molecular weight is 237 g/mol. The predicted octanol–water partition coefficient (Wildman–Crippen LogP) is 0.560. The van der Waals surface area contributed by atoms with Crippen molar-refractivity contribution in [1.82, 2.24) is 5.32 Å².